The quantitative estimate of drug-likeness (QED) is 0.829. The third-order valence-corrected chi connectivity index (χ3v) is 3.99. The van der Waals surface area contributed by atoms with Gasteiger partial charge in [0, 0.05) is 24.8 Å². The van der Waals surface area contributed by atoms with E-state index < -0.39 is 0 Å². The first-order valence-electron chi connectivity index (χ1n) is 6.40. The zero-order valence-corrected chi connectivity index (χ0v) is 10.7. The SMILES string of the molecule is Cc1c2c(=O)n(C)[nH]c2cc(=O)n1C1CCCC1. The van der Waals surface area contributed by atoms with Crippen molar-refractivity contribution in [2.45, 2.75) is 38.6 Å². The highest BCUT2D eigenvalue weighted by Crippen LogP contribution is 2.30. The summed E-state index contributed by atoms with van der Waals surface area (Å²) in [5, 5.41) is 3.56. The molecule has 0 aliphatic heterocycles. The van der Waals surface area contributed by atoms with Crippen molar-refractivity contribution in [1.82, 2.24) is 14.3 Å². The van der Waals surface area contributed by atoms with Crippen LogP contribution in [0.1, 0.15) is 37.4 Å². The van der Waals surface area contributed by atoms with Crippen molar-refractivity contribution in [3.63, 3.8) is 0 Å². The van der Waals surface area contributed by atoms with Crippen LogP contribution in [0.25, 0.3) is 10.9 Å². The summed E-state index contributed by atoms with van der Waals surface area (Å²) < 4.78 is 3.24. The average Bonchev–Trinajstić information content (AvgIpc) is 2.89. The molecular formula is C13H17N3O2. The van der Waals surface area contributed by atoms with Gasteiger partial charge in [-0.2, -0.15) is 0 Å². The van der Waals surface area contributed by atoms with Crippen molar-refractivity contribution >= 4 is 10.9 Å². The molecule has 5 heteroatoms. The molecule has 0 radical (unpaired) electrons. The van der Waals surface area contributed by atoms with Gasteiger partial charge in [0.15, 0.2) is 0 Å². The third kappa shape index (κ3) is 1.46. The molecule has 2 aromatic rings. The Bertz CT molecular complexity index is 714. The molecule has 1 fully saturated rings. The van der Waals surface area contributed by atoms with Gasteiger partial charge in [-0.25, -0.2) is 0 Å². The van der Waals surface area contributed by atoms with Crippen molar-refractivity contribution in [2.24, 2.45) is 7.05 Å². The molecule has 0 saturated heterocycles. The summed E-state index contributed by atoms with van der Waals surface area (Å²) in [5.74, 6) is 0. The molecule has 0 amide bonds. The lowest BCUT2D eigenvalue weighted by Gasteiger charge is -2.16. The Kier molecular flexibility index (Phi) is 2.43. The molecule has 2 aromatic heterocycles. The van der Waals surface area contributed by atoms with Gasteiger partial charge in [-0.15, -0.1) is 0 Å². The summed E-state index contributed by atoms with van der Waals surface area (Å²) in [4.78, 5) is 24.2. The van der Waals surface area contributed by atoms with E-state index in [1.165, 1.54) is 17.5 Å². The highest BCUT2D eigenvalue weighted by molar-refractivity contribution is 5.80. The number of H-pyrrole nitrogens is 1. The van der Waals surface area contributed by atoms with E-state index in [9.17, 15) is 9.59 Å². The minimum Gasteiger partial charge on any atom is -0.309 e. The Morgan fingerprint density at radius 3 is 2.61 bits per heavy atom. The lowest BCUT2D eigenvalue weighted by molar-refractivity contribution is 0.494. The predicted molar refractivity (Wildman–Crippen MR) is 70.0 cm³/mol. The summed E-state index contributed by atoms with van der Waals surface area (Å²) >= 11 is 0. The fourth-order valence-electron chi connectivity index (χ4n) is 3.12. The molecule has 96 valence electrons. The Balaban J connectivity index is 2.35. The first-order chi connectivity index (χ1) is 8.59. The van der Waals surface area contributed by atoms with Crippen LogP contribution in [-0.2, 0) is 7.05 Å². The molecule has 5 nitrogen and oxygen atoms in total. The van der Waals surface area contributed by atoms with E-state index in [4.69, 9.17) is 0 Å². The molecule has 18 heavy (non-hydrogen) atoms. The lowest BCUT2D eigenvalue weighted by Crippen LogP contribution is -2.26. The zero-order valence-electron chi connectivity index (χ0n) is 10.7. The topological polar surface area (TPSA) is 59.8 Å². The van der Waals surface area contributed by atoms with Crippen LogP contribution in [0.3, 0.4) is 0 Å². The largest absolute Gasteiger partial charge is 0.309 e. The zero-order chi connectivity index (χ0) is 12.9. The Labute approximate surface area is 104 Å². The molecule has 0 spiro atoms. The maximum absolute atomic E-state index is 12.2. The van der Waals surface area contributed by atoms with E-state index in [1.807, 2.05) is 11.5 Å². The molecule has 1 N–H and O–H groups in total. The number of fused-ring (bicyclic) bond motifs is 1. The summed E-state index contributed by atoms with van der Waals surface area (Å²) in [6.45, 7) is 1.87. The third-order valence-electron chi connectivity index (χ3n) is 3.99. The van der Waals surface area contributed by atoms with E-state index in [0.717, 1.165) is 18.5 Å². The van der Waals surface area contributed by atoms with Gasteiger partial charge in [0.25, 0.3) is 11.1 Å². The van der Waals surface area contributed by atoms with Gasteiger partial charge in [0.05, 0.1) is 10.9 Å². The maximum Gasteiger partial charge on any atom is 0.275 e. The van der Waals surface area contributed by atoms with Crippen LogP contribution < -0.4 is 11.1 Å². The monoisotopic (exact) mass is 247 g/mol. The second-order valence-corrected chi connectivity index (χ2v) is 5.14. The normalized spacial score (nSPS) is 16.8. The molecule has 0 unspecified atom stereocenters. The molecule has 1 aliphatic carbocycles. The van der Waals surface area contributed by atoms with E-state index in [-0.39, 0.29) is 17.2 Å². The second-order valence-electron chi connectivity index (χ2n) is 5.14. The van der Waals surface area contributed by atoms with E-state index in [2.05, 4.69) is 5.10 Å². The number of aryl methyl sites for hydroxylation is 2. The molecule has 0 atom stereocenters. The number of hydrogen-bond donors (Lipinski definition) is 1. The number of hydrogen-bond acceptors (Lipinski definition) is 2. The molecule has 3 rings (SSSR count). The van der Waals surface area contributed by atoms with Gasteiger partial charge >= 0.3 is 0 Å². The number of pyridine rings is 1. The number of nitrogens with one attached hydrogen (secondary N) is 1. The van der Waals surface area contributed by atoms with Crippen LogP contribution in [0.2, 0.25) is 0 Å². The van der Waals surface area contributed by atoms with Crippen molar-refractivity contribution in [2.75, 3.05) is 0 Å². The van der Waals surface area contributed by atoms with E-state index >= 15 is 0 Å². The summed E-state index contributed by atoms with van der Waals surface area (Å²) in [7, 11) is 1.67. The number of aromatic nitrogens is 3. The predicted octanol–water partition coefficient (Wildman–Crippen LogP) is 1.45. The van der Waals surface area contributed by atoms with Gasteiger partial charge in [-0.3, -0.25) is 19.4 Å². The van der Waals surface area contributed by atoms with Crippen molar-refractivity contribution in [1.29, 1.82) is 0 Å². The van der Waals surface area contributed by atoms with Crippen LogP contribution in [0.5, 0.6) is 0 Å². The van der Waals surface area contributed by atoms with E-state index in [1.54, 1.807) is 13.1 Å². The highest BCUT2D eigenvalue weighted by Gasteiger charge is 2.22. The smallest absolute Gasteiger partial charge is 0.275 e. The summed E-state index contributed by atoms with van der Waals surface area (Å²) in [6.07, 6.45) is 4.41. The lowest BCUT2D eigenvalue weighted by atomic mass is 10.2. The molecule has 0 aromatic carbocycles. The Morgan fingerprint density at radius 2 is 1.94 bits per heavy atom. The first-order valence-corrected chi connectivity index (χ1v) is 6.40. The standard InChI is InChI=1S/C13H17N3O2/c1-8-12-10(14-15(2)13(12)18)7-11(17)16(8)9-5-3-4-6-9/h7,9,14H,3-6H2,1-2H3. The van der Waals surface area contributed by atoms with Crippen LogP contribution in [0, 0.1) is 6.92 Å². The minimum atomic E-state index is -0.0609. The number of nitrogens with zero attached hydrogens (tertiary/aromatic N) is 2. The van der Waals surface area contributed by atoms with Gasteiger partial charge in [0.2, 0.25) is 0 Å². The number of rotatable bonds is 1. The molecule has 0 bridgehead atoms. The van der Waals surface area contributed by atoms with Gasteiger partial charge in [-0.1, -0.05) is 12.8 Å². The van der Waals surface area contributed by atoms with Crippen molar-refractivity contribution in [3.05, 3.63) is 32.5 Å². The Morgan fingerprint density at radius 1 is 1.28 bits per heavy atom. The molecule has 1 aliphatic rings. The minimum absolute atomic E-state index is 0.00579. The fraction of sp³-hybridized carbons (Fsp3) is 0.538. The summed E-state index contributed by atoms with van der Waals surface area (Å²) in [5.41, 5.74) is 1.37. The maximum atomic E-state index is 12.2. The molecule has 2 heterocycles. The fourth-order valence-corrected chi connectivity index (χ4v) is 3.12. The van der Waals surface area contributed by atoms with Crippen LogP contribution in [-0.4, -0.2) is 14.3 Å². The molecule has 1 saturated carbocycles. The van der Waals surface area contributed by atoms with Crippen LogP contribution in [0.4, 0.5) is 0 Å². The number of aromatic amines is 1. The van der Waals surface area contributed by atoms with Gasteiger partial charge in [-0.05, 0) is 19.8 Å². The average molecular weight is 247 g/mol. The van der Waals surface area contributed by atoms with Gasteiger partial charge < -0.3 is 4.57 Å². The first kappa shape index (κ1) is 11.3. The van der Waals surface area contributed by atoms with Crippen LogP contribution >= 0.6 is 0 Å². The van der Waals surface area contributed by atoms with Crippen molar-refractivity contribution < 1.29 is 0 Å². The second kappa shape index (κ2) is 3.86. The summed E-state index contributed by atoms with van der Waals surface area (Å²) in [6, 6.07) is 1.81. The van der Waals surface area contributed by atoms with E-state index in [0.29, 0.717) is 10.9 Å². The van der Waals surface area contributed by atoms with Crippen LogP contribution in [0.15, 0.2) is 15.7 Å². The van der Waals surface area contributed by atoms with Crippen molar-refractivity contribution in [3.8, 4) is 0 Å². The molecular weight excluding hydrogens is 230 g/mol. The van der Waals surface area contributed by atoms with Gasteiger partial charge in [0.1, 0.15) is 0 Å². The Hall–Kier alpha value is -1.78. The highest BCUT2D eigenvalue weighted by atomic mass is 16.1.